The molecule has 21 heavy (non-hydrogen) atoms. The van der Waals surface area contributed by atoms with E-state index in [0.29, 0.717) is 30.7 Å². The van der Waals surface area contributed by atoms with Gasteiger partial charge in [-0.1, -0.05) is 19.0 Å². The molecule has 116 valence electrons. The van der Waals surface area contributed by atoms with Crippen molar-refractivity contribution < 1.29 is 9.26 Å². The molecule has 0 saturated carbocycles. The van der Waals surface area contributed by atoms with Crippen LogP contribution in [0.3, 0.4) is 0 Å². The molecule has 0 saturated heterocycles. The number of nitrogens with zero attached hydrogens (tertiary/aromatic N) is 4. The summed E-state index contributed by atoms with van der Waals surface area (Å²) in [5, 5.41) is 6.96. The summed E-state index contributed by atoms with van der Waals surface area (Å²) >= 11 is 1.66. The molecular weight excluding hydrogens is 288 g/mol. The van der Waals surface area contributed by atoms with E-state index in [4.69, 9.17) is 9.26 Å². The SMILES string of the molecule is CCN(CC(C)C)c1nc(Cc2nc(COC)no2)cs1. The summed E-state index contributed by atoms with van der Waals surface area (Å²) in [5.41, 5.74) is 0.963. The second-order valence-corrected chi connectivity index (χ2v) is 6.10. The van der Waals surface area contributed by atoms with Crippen molar-refractivity contribution in [2.75, 3.05) is 25.1 Å². The van der Waals surface area contributed by atoms with Gasteiger partial charge in [-0.2, -0.15) is 4.98 Å². The molecule has 0 spiro atoms. The Bertz CT molecular complexity index is 553. The minimum Gasteiger partial charge on any atom is -0.377 e. The first kappa shape index (κ1) is 15.9. The number of thiazole rings is 1. The highest BCUT2D eigenvalue weighted by atomic mass is 32.1. The molecule has 7 heteroatoms. The van der Waals surface area contributed by atoms with Crippen LogP contribution in [-0.2, 0) is 17.8 Å². The van der Waals surface area contributed by atoms with Crippen molar-refractivity contribution in [3.63, 3.8) is 0 Å². The number of anilines is 1. The first-order chi connectivity index (χ1) is 10.1. The predicted octanol–water partition coefficient (Wildman–Crippen LogP) is 2.75. The lowest BCUT2D eigenvalue weighted by Gasteiger charge is -2.21. The molecule has 0 unspecified atom stereocenters. The first-order valence-electron chi connectivity index (χ1n) is 7.12. The van der Waals surface area contributed by atoms with Crippen LogP contribution in [0.4, 0.5) is 5.13 Å². The first-order valence-corrected chi connectivity index (χ1v) is 8.00. The van der Waals surface area contributed by atoms with Crippen LogP contribution in [0.5, 0.6) is 0 Å². The third-order valence-electron chi connectivity index (χ3n) is 2.89. The maximum absolute atomic E-state index is 5.19. The van der Waals surface area contributed by atoms with Crippen LogP contribution in [0, 0.1) is 5.92 Å². The lowest BCUT2D eigenvalue weighted by molar-refractivity contribution is 0.174. The Morgan fingerprint density at radius 1 is 1.38 bits per heavy atom. The van der Waals surface area contributed by atoms with Crippen molar-refractivity contribution in [1.29, 1.82) is 0 Å². The second-order valence-electron chi connectivity index (χ2n) is 5.27. The van der Waals surface area contributed by atoms with E-state index < -0.39 is 0 Å². The van der Waals surface area contributed by atoms with E-state index in [0.717, 1.165) is 23.9 Å². The Morgan fingerprint density at radius 2 is 2.19 bits per heavy atom. The maximum atomic E-state index is 5.19. The van der Waals surface area contributed by atoms with Crippen molar-refractivity contribution in [3.05, 3.63) is 22.8 Å². The highest BCUT2D eigenvalue weighted by molar-refractivity contribution is 7.13. The number of methoxy groups -OCH3 is 1. The summed E-state index contributed by atoms with van der Waals surface area (Å²) in [4.78, 5) is 11.2. The molecule has 6 nitrogen and oxygen atoms in total. The van der Waals surface area contributed by atoms with E-state index in [9.17, 15) is 0 Å². The van der Waals surface area contributed by atoms with Gasteiger partial charge < -0.3 is 14.2 Å². The van der Waals surface area contributed by atoms with E-state index in [1.807, 2.05) is 0 Å². The molecule has 2 rings (SSSR count). The lowest BCUT2D eigenvalue weighted by Crippen LogP contribution is -2.27. The average molecular weight is 310 g/mol. The van der Waals surface area contributed by atoms with Crippen molar-refractivity contribution >= 4 is 16.5 Å². The van der Waals surface area contributed by atoms with Gasteiger partial charge in [0.05, 0.1) is 12.1 Å². The molecule has 0 aliphatic carbocycles. The summed E-state index contributed by atoms with van der Waals surface area (Å²) in [7, 11) is 1.61. The molecule has 0 aliphatic rings. The summed E-state index contributed by atoms with van der Waals surface area (Å²) in [5.74, 6) is 1.76. The van der Waals surface area contributed by atoms with E-state index >= 15 is 0 Å². The molecule has 0 aromatic carbocycles. The third kappa shape index (κ3) is 4.50. The van der Waals surface area contributed by atoms with Gasteiger partial charge in [0, 0.05) is 25.6 Å². The standard InChI is InChI=1S/C14H22N4O2S/c1-5-18(7-10(2)3)14-15-11(9-21-14)6-13-16-12(8-19-4)17-20-13/h9-10H,5-8H2,1-4H3. The minimum atomic E-state index is 0.365. The van der Waals surface area contributed by atoms with Crippen LogP contribution >= 0.6 is 11.3 Å². The maximum Gasteiger partial charge on any atom is 0.232 e. The molecule has 2 heterocycles. The van der Waals surface area contributed by atoms with E-state index in [-0.39, 0.29) is 0 Å². The number of aromatic nitrogens is 3. The second kappa shape index (κ2) is 7.51. The van der Waals surface area contributed by atoms with Crippen molar-refractivity contribution in [3.8, 4) is 0 Å². The fourth-order valence-corrected chi connectivity index (χ4v) is 2.91. The fourth-order valence-electron chi connectivity index (χ4n) is 2.01. The quantitative estimate of drug-likeness (QED) is 0.747. The van der Waals surface area contributed by atoms with Crippen molar-refractivity contribution in [2.24, 2.45) is 5.92 Å². The Morgan fingerprint density at radius 3 is 2.86 bits per heavy atom. The average Bonchev–Trinajstić information content (AvgIpc) is 3.07. The molecule has 2 aromatic heterocycles. The zero-order valence-corrected chi connectivity index (χ0v) is 13.8. The molecule has 0 radical (unpaired) electrons. The number of hydrogen-bond donors (Lipinski definition) is 0. The zero-order valence-electron chi connectivity index (χ0n) is 13.0. The molecule has 0 N–H and O–H groups in total. The van der Waals surface area contributed by atoms with Gasteiger partial charge in [0.25, 0.3) is 0 Å². The lowest BCUT2D eigenvalue weighted by atomic mass is 10.2. The van der Waals surface area contributed by atoms with Gasteiger partial charge in [0.15, 0.2) is 11.0 Å². The van der Waals surface area contributed by atoms with Crippen LogP contribution in [0.25, 0.3) is 0 Å². The Hall–Kier alpha value is -1.47. The van der Waals surface area contributed by atoms with Gasteiger partial charge in [-0.15, -0.1) is 11.3 Å². The fraction of sp³-hybridized carbons (Fsp3) is 0.643. The van der Waals surface area contributed by atoms with E-state index in [1.54, 1.807) is 18.4 Å². The predicted molar refractivity (Wildman–Crippen MR) is 82.7 cm³/mol. The Labute approximate surface area is 129 Å². The van der Waals surface area contributed by atoms with Gasteiger partial charge in [-0.05, 0) is 12.8 Å². The molecule has 0 atom stereocenters. The van der Waals surface area contributed by atoms with Crippen LogP contribution in [0.2, 0.25) is 0 Å². The normalized spacial score (nSPS) is 11.3. The molecule has 0 amide bonds. The van der Waals surface area contributed by atoms with Crippen LogP contribution in [0.15, 0.2) is 9.90 Å². The summed E-state index contributed by atoms with van der Waals surface area (Å²) in [6.45, 7) is 8.92. The molecule has 2 aromatic rings. The van der Waals surface area contributed by atoms with Crippen LogP contribution < -0.4 is 4.90 Å². The largest absolute Gasteiger partial charge is 0.377 e. The summed E-state index contributed by atoms with van der Waals surface area (Å²) < 4.78 is 10.2. The van der Waals surface area contributed by atoms with Crippen LogP contribution in [-0.4, -0.2) is 35.3 Å². The number of ether oxygens (including phenoxy) is 1. The van der Waals surface area contributed by atoms with Gasteiger partial charge in [0.2, 0.25) is 5.89 Å². The smallest absolute Gasteiger partial charge is 0.232 e. The Kier molecular flexibility index (Phi) is 5.69. The molecule has 0 aliphatic heterocycles. The topological polar surface area (TPSA) is 64.3 Å². The van der Waals surface area contributed by atoms with E-state index in [2.05, 4.69) is 46.2 Å². The van der Waals surface area contributed by atoms with Gasteiger partial charge in [-0.3, -0.25) is 0 Å². The minimum absolute atomic E-state index is 0.365. The zero-order chi connectivity index (χ0) is 15.2. The monoisotopic (exact) mass is 310 g/mol. The highest BCUT2D eigenvalue weighted by Gasteiger charge is 2.13. The highest BCUT2D eigenvalue weighted by Crippen LogP contribution is 2.22. The van der Waals surface area contributed by atoms with E-state index in [1.165, 1.54) is 0 Å². The Balaban J connectivity index is 2.01. The number of hydrogen-bond acceptors (Lipinski definition) is 7. The van der Waals surface area contributed by atoms with Crippen molar-refractivity contribution in [2.45, 2.75) is 33.8 Å². The van der Waals surface area contributed by atoms with Gasteiger partial charge in [0.1, 0.15) is 6.61 Å². The van der Waals surface area contributed by atoms with Gasteiger partial charge in [-0.25, -0.2) is 4.98 Å². The van der Waals surface area contributed by atoms with Crippen molar-refractivity contribution in [1.82, 2.24) is 15.1 Å². The van der Waals surface area contributed by atoms with Crippen LogP contribution in [0.1, 0.15) is 38.2 Å². The molecule has 0 bridgehead atoms. The molecule has 0 fully saturated rings. The summed E-state index contributed by atoms with van der Waals surface area (Å²) in [6, 6.07) is 0. The molecular formula is C14H22N4O2S. The van der Waals surface area contributed by atoms with Gasteiger partial charge >= 0.3 is 0 Å². The summed E-state index contributed by atoms with van der Waals surface area (Å²) in [6.07, 6.45) is 0.562. The number of rotatable bonds is 8. The third-order valence-corrected chi connectivity index (χ3v) is 3.84.